The summed E-state index contributed by atoms with van der Waals surface area (Å²) in [4.78, 5) is 25.1. The van der Waals surface area contributed by atoms with Gasteiger partial charge >= 0.3 is 18.0 Å². The molecule has 0 saturated carbocycles. The summed E-state index contributed by atoms with van der Waals surface area (Å²) in [7, 11) is 0. The SMILES string of the molecule is [C-]#[N+]C(C(=O)OCC)C(Br)C(=C)C(=O)OCC. The van der Waals surface area contributed by atoms with Crippen LogP contribution in [0.1, 0.15) is 13.8 Å². The van der Waals surface area contributed by atoms with Crippen molar-refractivity contribution in [2.24, 2.45) is 0 Å². The van der Waals surface area contributed by atoms with Crippen molar-refractivity contribution in [2.45, 2.75) is 24.7 Å². The first-order valence-electron chi connectivity index (χ1n) is 5.02. The second kappa shape index (κ2) is 7.85. The van der Waals surface area contributed by atoms with E-state index in [1.165, 1.54) is 0 Å². The maximum Gasteiger partial charge on any atom is 0.391 e. The van der Waals surface area contributed by atoms with Gasteiger partial charge in [-0.1, -0.05) is 22.5 Å². The standard InChI is InChI=1S/C11H14BrNO4/c1-5-16-10(14)7(3)8(12)9(13-4)11(15)17-6-2/h8-9H,3,5-6H2,1-2H3. The van der Waals surface area contributed by atoms with E-state index in [4.69, 9.17) is 16.0 Å². The molecule has 0 amide bonds. The predicted molar refractivity (Wildman–Crippen MR) is 65.5 cm³/mol. The molecular formula is C11H14BrNO4. The van der Waals surface area contributed by atoms with Crippen LogP contribution in [-0.4, -0.2) is 36.0 Å². The third-order valence-corrected chi connectivity index (χ3v) is 2.87. The van der Waals surface area contributed by atoms with Crippen molar-refractivity contribution >= 4 is 27.9 Å². The number of carbonyl (C=O) groups excluding carboxylic acids is 2. The van der Waals surface area contributed by atoms with Gasteiger partial charge in [-0.25, -0.2) is 16.2 Å². The van der Waals surface area contributed by atoms with Gasteiger partial charge in [-0.3, -0.25) is 4.85 Å². The summed E-state index contributed by atoms with van der Waals surface area (Å²) >= 11 is 3.10. The molecule has 0 aromatic carbocycles. The van der Waals surface area contributed by atoms with E-state index in [2.05, 4.69) is 27.4 Å². The number of carbonyl (C=O) groups is 2. The fourth-order valence-corrected chi connectivity index (χ4v) is 1.51. The Morgan fingerprint density at radius 2 is 1.88 bits per heavy atom. The molecule has 0 fully saturated rings. The third-order valence-electron chi connectivity index (χ3n) is 1.81. The zero-order valence-corrected chi connectivity index (χ0v) is 11.3. The molecule has 0 spiro atoms. The Hall–Kier alpha value is -1.35. The number of nitrogens with zero attached hydrogens (tertiary/aromatic N) is 1. The Bertz CT molecular complexity index is 348. The van der Waals surface area contributed by atoms with Gasteiger partial charge in [-0.05, 0) is 13.8 Å². The summed E-state index contributed by atoms with van der Waals surface area (Å²) in [5.41, 5.74) is 0.0286. The summed E-state index contributed by atoms with van der Waals surface area (Å²) in [5, 5.41) is 0. The summed E-state index contributed by atoms with van der Waals surface area (Å²) in [5.74, 6) is -1.32. The smallest absolute Gasteiger partial charge is 0.391 e. The minimum atomic E-state index is -1.13. The molecule has 0 saturated heterocycles. The first kappa shape index (κ1) is 15.7. The largest absolute Gasteiger partial charge is 0.463 e. The van der Waals surface area contributed by atoms with Gasteiger partial charge in [-0.15, -0.1) is 0 Å². The molecule has 2 atom stereocenters. The van der Waals surface area contributed by atoms with Crippen LogP contribution < -0.4 is 0 Å². The van der Waals surface area contributed by atoms with E-state index < -0.39 is 22.8 Å². The van der Waals surface area contributed by atoms with Crippen molar-refractivity contribution in [3.8, 4) is 0 Å². The first-order chi connectivity index (χ1) is 7.99. The minimum absolute atomic E-state index is 0.0286. The molecule has 0 heterocycles. The zero-order valence-electron chi connectivity index (χ0n) is 9.73. The minimum Gasteiger partial charge on any atom is -0.463 e. The third kappa shape index (κ3) is 4.57. The molecule has 5 nitrogen and oxygen atoms in total. The van der Waals surface area contributed by atoms with Crippen LogP contribution >= 0.6 is 15.9 Å². The Kier molecular flexibility index (Phi) is 7.22. The average Bonchev–Trinajstić information content (AvgIpc) is 2.29. The second-order valence-corrected chi connectivity index (χ2v) is 3.96. The van der Waals surface area contributed by atoms with Crippen LogP contribution in [0, 0.1) is 6.57 Å². The van der Waals surface area contributed by atoms with Gasteiger partial charge in [0.25, 0.3) is 0 Å². The molecule has 0 N–H and O–H groups in total. The highest BCUT2D eigenvalue weighted by Gasteiger charge is 2.38. The summed E-state index contributed by atoms with van der Waals surface area (Å²) in [6, 6.07) is -1.13. The van der Waals surface area contributed by atoms with Crippen LogP contribution in [0.2, 0.25) is 0 Å². The molecule has 0 radical (unpaired) electrons. The predicted octanol–water partition coefficient (Wildman–Crippen LogP) is 1.72. The van der Waals surface area contributed by atoms with Crippen molar-refractivity contribution < 1.29 is 19.1 Å². The topological polar surface area (TPSA) is 57.0 Å². The van der Waals surface area contributed by atoms with Gasteiger partial charge < -0.3 is 9.47 Å². The lowest BCUT2D eigenvalue weighted by molar-refractivity contribution is -0.143. The quantitative estimate of drug-likeness (QED) is 0.324. The van der Waals surface area contributed by atoms with Crippen LogP contribution in [0.3, 0.4) is 0 Å². The highest BCUT2D eigenvalue weighted by atomic mass is 79.9. The molecule has 0 aromatic rings. The van der Waals surface area contributed by atoms with Crippen molar-refractivity contribution in [1.29, 1.82) is 0 Å². The van der Waals surface area contributed by atoms with E-state index in [0.717, 1.165) is 0 Å². The van der Waals surface area contributed by atoms with Gasteiger partial charge in [0.15, 0.2) is 0 Å². The number of hydrogen-bond donors (Lipinski definition) is 0. The Balaban J connectivity index is 4.71. The van der Waals surface area contributed by atoms with E-state index in [1.807, 2.05) is 0 Å². The monoisotopic (exact) mass is 303 g/mol. The Morgan fingerprint density at radius 3 is 2.29 bits per heavy atom. The molecule has 0 aliphatic heterocycles. The van der Waals surface area contributed by atoms with Crippen molar-refractivity contribution in [1.82, 2.24) is 0 Å². The van der Waals surface area contributed by atoms with Gasteiger partial charge in [0.2, 0.25) is 0 Å². The molecule has 0 bridgehead atoms. The maximum atomic E-state index is 11.4. The van der Waals surface area contributed by atoms with Gasteiger partial charge in [0.05, 0.1) is 18.8 Å². The van der Waals surface area contributed by atoms with Crippen LogP contribution in [0.5, 0.6) is 0 Å². The fourth-order valence-electron chi connectivity index (χ4n) is 0.992. The van der Waals surface area contributed by atoms with Crippen molar-refractivity contribution in [3.05, 3.63) is 23.6 Å². The number of rotatable bonds is 6. The molecule has 6 heteroatoms. The first-order valence-corrected chi connectivity index (χ1v) is 5.94. The van der Waals surface area contributed by atoms with Gasteiger partial charge in [-0.2, -0.15) is 0 Å². The number of ether oxygens (including phenoxy) is 2. The highest BCUT2D eigenvalue weighted by molar-refractivity contribution is 9.09. The molecule has 0 rings (SSSR count). The average molecular weight is 304 g/mol. The zero-order chi connectivity index (χ0) is 13.4. The molecule has 94 valence electrons. The molecular weight excluding hydrogens is 290 g/mol. The highest BCUT2D eigenvalue weighted by Crippen LogP contribution is 2.20. The number of hydrogen-bond acceptors (Lipinski definition) is 4. The van der Waals surface area contributed by atoms with E-state index in [-0.39, 0.29) is 18.8 Å². The summed E-state index contributed by atoms with van der Waals surface area (Å²) < 4.78 is 9.47. The molecule has 0 aliphatic carbocycles. The van der Waals surface area contributed by atoms with Crippen LogP contribution in [-0.2, 0) is 19.1 Å². The summed E-state index contributed by atoms with van der Waals surface area (Å²) in [6.07, 6.45) is 0. The lowest BCUT2D eigenvalue weighted by Crippen LogP contribution is -2.32. The number of halogens is 1. The van der Waals surface area contributed by atoms with Crippen molar-refractivity contribution in [3.63, 3.8) is 0 Å². The van der Waals surface area contributed by atoms with Crippen LogP contribution in [0.25, 0.3) is 4.85 Å². The van der Waals surface area contributed by atoms with Crippen LogP contribution in [0.4, 0.5) is 0 Å². The van der Waals surface area contributed by atoms with E-state index in [9.17, 15) is 9.59 Å². The lowest BCUT2D eigenvalue weighted by atomic mass is 10.1. The van der Waals surface area contributed by atoms with Crippen LogP contribution in [0.15, 0.2) is 12.2 Å². The fraction of sp³-hybridized carbons (Fsp3) is 0.545. The van der Waals surface area contributed by atoms with E-state index >= 15 is 0 Å². The Labute approximate surface area is 109 Å². The van der Waals surface area contributed by atoms with Gasteiger partial charge in [0.1, 0.15) is 4.83 Å². The van der Waals surface area contributed by atoms with E-state index in [1.54, 1.807) is 13.8 Å². The normalized spacial score (nSPS) is 13.1. The number of alkyl halides is 1. The molecule has 17 heavy (non-hydrogen) atoms. The van der Waals surface area contributed by atoms with Crippen molar-refractivity contribution in [2.75, 3.05) is 13.2 Å². The Morgan fingerprint density at radius 1 is 1.35 bits per heavy atom. The van der Waals surface area contributed by atoms with Gasteiger partial charge in [0, 0.05) is 0 Å². The maximum absolute atomic E-state index is 11.4. The molecule has 2 unspecified atom stereocenters. The molecule has 0 aliphatic rings. The van der Waals surface area contributed by atoms with E-state index in [0.29, 0.717) is 0 Å². The lowest BCUT2D eigenvalue weighted by Gasteiger charge is -2.13. The molecule has 0 aromatic heterocycles. The number of esters is 2. The second-order valence-electron chi connectivity index (χ2n) is 2.97. The summed E-state index contributed by atoms with van der Waals surface area (Å²) in [6.45, 7) is 14.1.